The highest BCUT2D eigenvalue weighted by molar-refractivity contribution is 5.94. The first kappa shape index (κ1) is 22.8. The minimum Gasteiger partial charge on any atom is -0.385 e. The predicted molar refractivity (Wildman–Crippen MR) is 126 cm³/mol. The second-order valence-electron chi connectivity index (χ2n) is 8.32. The summed E-state index contributed by atoms with van der Waals surface area (Å²) in [5, 5.41) is 9.36. The lowest BCUT2D eigenvalue weighted by atomic mass is 9.93. The van der Waals surface area contributed by atoms with Crippen molar-refractivity contribution in [3.63, 3.8) is 0 Å². The molecule has 3 rings (SSSR count). The Hall–Kier alpha value is -2.86. The SMILES string of the molecule is C=C(NCCCC1CCNCC1)c1cc(C(=O)NC)c(=O)n(Cc2ccccc2C)c1. The number of benzene rings is 1. The van der Waals surface area contributed by atoms with Crippen LogP contribution in [0.25, 0.3) is 5.70 Å². The monoisotopic (exact) mass is 422 g/mol. The fourth-order valence-electron chi connectivity index (χ4n) is 4.09. The van der Waals surface area contributed by atoms with Crippen LogP contribution in [0.4, 0.5) is 0 Å². The molecule has 1 fully saturated rings. The van der Waals surface area contributed by atoms with E-state index in [9.17, 15) is 9.59 Å². The Balaban J connectivity index is 1.73. The van der Waals surface area contributed by atoms with Crippen LogP contribution in [0.3, 0.4) is 0 Å². The van der Waals surface area contributed by atoms with E-state index >= 15 is 0 Å². The zero-order chi connectivity index (χ0) is 22.2. The Morgan fingerprint density at radius 3 is 2.71 bits per heavy atom. The van der Waals surface area contributed by atoms with Crippen LogP contribution in [0.2, 0.25) is 0 Å². The first-order valence-electron chi connectivity index (χ1n) is 11.1. The molecule has 1 aromatic carbocycles. The van der Waals surface area contributed by atoms with E-state index in [4.69, 9.17) is 0 Å². The third kappa shape index (κ3) is 6.07. The molecule has 1 aliphatic rings. The summed E-state index contributed by atoms with van der Waals surface area (Å²) in [7, 11) is 1.54. The molecule has 0 atom stereocenters. The average molecular weight is 423 g/mol. The zero-order valence-electron chi connectivity index (χ0n) is 18.7. The molecule has 3 N–H and O–H groups in total. The molecule has 1 saturated heterocycles. The number of hydrogen-bond donors (Lipinski definition) is 3. The number of aromatic nitrogens is 1. The highest BCUT2D eigenvalue weighted by atomic mass is 16.2. The van der Waals surface area contributed by atoms with E-state index < -0.39 is 0 Å². The van der Waals surface area contributed by atoms with Gasteiger partial charge in [0.15, 0.2) is 0 Å². The lowest BCUT2D eigenvalue weighted by Crippen LogP contribution is -2.32. The standard InChI is InChI=1S/C25H34N4O2/c1-18-7-4-5-9-21(18)16-29-17-22(15-23(25(29)31)24(30)26-3)19(2)28-12-6-8-20-10-13-27-14-11-20/h4-5,7,9,15,17,20,27-28H,2,6,8,10-14,16H2,1,3H3,(H,26,30). The summed E-state index contributed by atoms with van der Waals surface area (Å²) in [6.07, 6.45) is 6.58. The summed E-state index contributed by atoms with van der Waals surface area (Å²) < 4.78 is 1.60. The molecule has 0 aliphatic carbocycles. The van der Waals surface area contributed by atoms with Crippen LogP contribution in [-0.4, -0.2) is 37.2 Å². The van der Waals surface area contributed by atoms with Crippen molar-refractivity contribution in [3.05, 3.63) is 75.7 Å². The number of rotatable bonds is 9. The van der Waals surface area contributed by atoms with Gasteiger partial charge in [0, 0.05) is 31.0 Å². The highest BCUT2D eigenvalue weighted by Gasteiger charge is 2.16. The maximum atomic E-state index is 12.9. The van der Waals surface area contributed by atoms with Gasteiger partial charge in [0.05, 0.1) is 6.54 Å². The van der Waals surface area contributed by atoms with Crippen molar-refractivity contribution >= 4 is 11.6 Å². The van der Waals surface area contributed by atoms with Gasteiger partial charge in [-0.3, -0.25) is 9.59 Å². The second kappa shape index (κ2) is 11.0. The topological polar surface area (TPSA) is 75.2 Å². The van der Waals surface area contributed by atoms with Crippen molar-refractivity contribution in [1.29, 1.82) is 0 Å². The van der Waals surface area contributed by atoms with Crippen LogP contribution < -0.4 is 21.5 Å². The number of carbonyl (C=O) groups is 1. The van der Waals surface area contributed by atoms with Gasteiger partial charge in [-0.2, -0.15) is 0 Å². The van der Waals surface area contributed by atoms with Crippen LogP contribution in [0.5, 0.6) is 0 Å². The molecule has 166 valence electrons. The third-order valence-electron chi connectivity index (χ3n) is 6.09. The molecule has 6 nitrogen and oxygen atoms in total. The molecule has 1 amide bonds. The van der Waals surface area contributed by atoms with Gasteiger partial charge >= 0.3 is 0 Å². The number of piperidine rings is 1. The number of amides is 1. The lowest BCUT2D eigenvalue weighted by molar-refractivity contribution is 0.0961. The second-order valence-corrected chi connectivity index (χ2v) is 8.32. The molecule has 2 aromatic rings. The lowest BCUT2D eigenvalue weighted by Gasteiger charge is -2.22. The fraction of sp³-hybridized carbons (Fsp3) is 0.440. The maximum absolute atomic E-state index is 12.9. The van der Waals surface area contributed by atoms with Crippen molar-refractivity contribution in [2.45, 2.75) is 39.2 Å². The van der Waals surface area contributed by atoms with Crippen LogP contribution in [0, 0.1) is 12.8 Å². The largest absolute Gasteiger partial charge is 0.385 e. The molecule has 0 radical (unpaired) electrons. The minimum absolute atomic E-state index is 0.131. The van der Waals surface area contributed by atoms with Gasteiger partial charge in [0.25, 0.3) is 11.5 Å². The first-order chi connectivity index (χ1) is 15.0. The van der Waals surface area contributed by atoms with Crippen LogP contribution >= 0.6 is 0 Å². The molecule has 1 aliphatic heterocycles. The number of nitrogens with zero attached hydrogens (tertiary/aromatic N) is 1. The maximum Gasteiger partial charge on any atom is 0.263 e. The van der Waals surface area contributed by atoms with Gasteiger partial charge in [-0.25, -0.2) is 0 Å². The van der Waals surface area contributed by atoms with E-state index in [0.29, 0.717) is 6.54 Å². The first-order valence-corrected chi connectivity index (χ1v) is 11.1. The average Bonchev–Trinajstić information content (AvgIpc) is 2.79. The number of carbonyl (C=O) groups excluding carboxylic acids is 1. The molecule has 2 heterocycles. The van der Waals surface area contributed by atoms with E-state index in [0.717, 1.165) is 54.4 Å². The van der Waals surface area contributed by atoms with E-state index in [-0.39, 0.29) is 17.0 Å². The van der Waals surface area contributed by atoms with E-state index in [2.05, 4.69) is 22.5 Å². The van der Waals surface area contributed by atoms with Crippen molar-refractivity contribution in [2.75, 3.05) is 26.7 Å². The molecule has 0 bridgehead atoms. The zero-order valence-corrected chi connectivity index (χ0v) is 18.7. The van der Waals surface area contributed by atoms with Crippen LogP contribution in [-0.2, 0) is 6.54 Å². The van der Waals surface area contributed by atoms with Crippen molar-refractivity contribution in [3.8, 4) is 0 Å². The van der Waals surface area contributed by atoms with Gasteiger partial charge in [0.1, 0.15) is 5.56 Å². The smallest absolute Gasteiger partial charge is 0.263 e. The van der Waals surface area contributed by atoms with Crippen molar-refractivity contribution in [2.24, 2.45) is 5.92 Å². The molecule has 0 spiro atoms. The Labute approximate surface area is 184 Å². The summed E-state index contributed by atoms with van der Waals surface area (Å²) in [6.45, 7) is 9.66. The molecule has 0 saturated carbocycles. The van der Waals surface area contributed by atoms with E-state index in [1.807, 2.05) is 31.2 Å². The third-order valence-corrected chi connectivity index (χ3v) is 6.09. The van der Waals surface area contributed by atoms with Crippen LogP contribution in [0.15, 0.2) is 47.9 Å². The van der Waals surface area contributed by atoms with E-state index in [1.54, 1.807) is 16.8 Å². The van der Waals surface area contributed by atoms with Crippen LogP contribution in [0.1, 0.15) is 52.7 Å². The quantitative estimate of drug-likeness (QED) is 0.543. The molecule has 1 aromatic heterocycles. The van der Waals surface area contributed by atoms with Gasteiger partial charge in [0.2, 0.25) is 0 Å². The van der Waals surface area contributed by atoms with Gasteiger partial charge < -0.3 is 20.5 Å². The van der Waals surface area contributed by atoms with Crippen molar-refractivity contribution < 1.29 is 4.79 Å². The summed E-state index contributed by atoms with van der Waals surface area (Å²) in [4.78, 5) is 25.3. The number of pyridine rings is 1. The molecular formula is C25H34N4O2. The number of aryl methyl sites for hydroxylation is 1. The minimum atomic E-state index is -0.385. The summed E-state index contributed by atoms with van der Waals surface area (Å²) >= 11 is 0. The Kier molecular flexibility index (Phi) is 8.06. The molecule has 0 unspecified atom stereocenters. The predicted octanol–water partition coefficient (Wildman–Crippen LogP) is 2.90. The summed E-state index contributed by atoms with van der Waals surface area (Å²) in [5.74, 6) is 0.413. The number of nitrogens with one attached hydrogen (secondary N) is 3. The van der Waals surface area contributed by atoms with Gasteiger partial charge in [-0.1, -0.05) is 30.8 Å². The highest BCUT2D eigenvalue weighted by Crippen LogP contribution is 2.18. The molecule has 31 heavy (non-hydrogen) atoms. The molecular weight excluding hydrogens is 388 g/mol. The van der Waals surface area contributed by atoms with Gasteiger partial charge in [-0.15, -0.1) is 0 Å². The normalized spacial score (nSPS) is 14.3. The summed E-state index contributed by atoms with van der Waals surface area (Å²) in [6, 6.07) is 9.59. The number of hydrogen-bond acceptors (Lipinski definition) is 4. The Bertz CT molecular complexity index is 974. The van der Waals surface area contributed by atoms with E-state index in [1.165, 1.54) is 26.3 Å². The Morgan fingerprint density at radius 1 is 1.26 bits per heavy atom. The summed E-state index contributed by atoms with van der Waals surface area (Å²) in [5.41, 5.74) is 3.47. The van der Waals surface area contributed by atoms with Gasteiger partial charge in [-0.05, 0) is 68.8 Å². The fourth-order valence-corrected chi connectivity index (χ4v) is 4.09. The Morgan fingerprint density at radius 2 is 2.00 bits per heavy atom. The molecule has 6 heteroatoms. The van der Waals surface area contributed by atoms with Crippen molar-refractivity contribution in [1.82, 2.24) is 20.5 Å².